The summed E-state index contributed by atoms with van der Waals surface area (Å²) in [7, 11) is 0. The summed E-state index contributed by atoms with van der Waals surface area (Å²) in [6.07, 6.45) is 1.40. The van der Waals surface area contributed by atoms with Crippen LogP contribution in [0.3, 0.4) is 0 Å². The number of hydrogen-bond donors (Lipinski definition) is 4. The maximum absolute atomic E-state index is 13.8. The molecule has 0 aliphatic heterocycles. The van der Waals surface area contributed by atoms with Crippen LogP contribution in [0, 0.1) is 6.92 Å². The lowest BCUT2D eigenvalue weighted by atomic mass is 9.98. The molecule has 9 heteroatoms. The fourth-order valence-corrected chi connectivity index (χ4v) is 3.97. The van der Waals surface area contributed by atoms with Crippen molar-refractivity contribution in [1.82, 2.24) is 15.5 Å². The third-order valence-corrected chi connectivity index (χ3v) is 5.89. The van der Waals surface area contributed by atoms with Crippen LogP contribution in [0.15, 0.2) is 48.5 Å². The number of rotatable bonds is 12. The maximum atomic E-state index is 13.8. The van der Waals surface area contributed by atoms with Gasteiger partial charge in [-0.25, -0.2) is 4.79 Å². The van der Waals surface area contributed by atoms with Gasteiger partial charge in [-0.2, -0.15) is 0 Å². The third-order valence-electron chi connectivity index (χ3n) is 5.89. The number of benzene rings is 2. The number of alkyl carbamates (subject to hydrolysis) is 1. The second-order valence-corrected chi connectivity index (χ2v) is 10.2. The Morgan fingerprint density at radius 1 is 1.03 bits per heavy atom. The second-order valence-electron chi connectivity index (χ2n) is 10.2. The van der Waals surface area contributed by atoms with E-state index in [1.807, 2.05) is 37.3 Å². The molecule has 2 unspecified atom stereocenters. The Labute approximate surface area is 225 Å². The molecule has 0 heterocycles. The van der Waals surface area contributed by atoms with Gasteiger partial charge in [0, 0.05) is 18.7 Å². The largest absolute Gasteiger partial charge is 0.507 e. The first-order valence-electron chi connectivity index (χ1n) is 13.0. The van der Waals surface area contributed by atoms with Gasteiger partial charge in [0.15, 0.2) is 0 Å². The molecule has 0 aromatic heterocycles. The second kappa shape index (κ2) is 14.4. The quantitative estimate of drug-likeness (QED) is 0.309. The van der Waals surface area contributed by atoms with Crippen LogP contribution in [0.25, 0.3) is 0 Å². The van der Waals surface area contributed by atoms with Gasteiger partial charge in [-0.05, 0) is 45.2 Å². The van der Waals surface area contributed by atoms with Crippen LogP contribution < -0.4 is 10.6 Å². The van der Waals surface area contributed by atoms with Crippen LogP contribution in [-0.4, -0.2) is 57.8 Å². The Morgan fingerprint density at radius 3 is 2.32 bits per heavy atom. The summed E-state index contributed by atoms with van der Waals surface area (Å²) in [6.45, 7) is 8.49. The van der Waals surface area contributed by atoms with Crippen molar-refractivity contribution < 1.29 is 29.3 Å². The summed E-state index contributed by atoms with van der Waals surface area (Å²) in [4.78, 5) is 41.2. The number of nitrogens with zero attached hydrogens (tertiary/aromatic N) is 1. The molecular formula is C29H41N3O6. The van der Waals surface area contributed by atoms with E-state index in [1.165, 1.54) is 4.90 Å². The Balaban J connectivity index is 2.46. The molecule has 2 atom stereocenters. The summed E-state index contributed by atoms with van der Waals surface area (Å²) in [5, 5.41) is 26.3. The highest BCUT2D eigenvalue weighted by Gasteiger charge is 2.37. The van der Waals surface area contributed by atoms with E-state index in [-0.39, 0.29) is 24.4 Å². The summed E-state index contributed by atoms with van der Waals surface area (Å²) in [5.74, 6) is -1.25. The van der Waals surface area contributed by atoms with E-state index < -0.39 is 42.2 Å². The maximum Gasteiger partial charge on any atom is 0.408 e. The summed E-state index contributed by atoms with van der Waals surface area (Å²) in [5.41, 5.74) is 0.877. The van der Waals surface area contributed by atoms with Crippen LogP contribution in [0.1, 0.15) is 69.7 Å². The van der Waals surface area contributed by atoms with Crippen LogP contribution in [-0.2, 0) is 20.9 Å². The number of hydrogen-bond acceptors (Lipinski definition) is 6. The molecule has 208 valence electrons. The average Bonchev–Trinajstić information content (AvgIpc) is 2.87. The van der Waals surface area contributed by atoms with E-state index in [9.17, 15) is 24.6 Å². The highest BCUT2D eigenvalue weighted by Crippen LogP contribution is 2.32. The molecule has 4 N–H and O–H groups in total. The molecule has 0 spiro atoms. The van der Waals surface area contributed by atoms with Crippen molar-refractivity contribution >= 4 is 17.9 Å². The number of nitrogens with one attached hydrogen (secondary N) is 2. The molecule has 2 rings (SSSR count). The standard InChI is InChI=1S/C29H41N3O6/c1-6-7-11-17-32(27(36)23(19-33)31-28(37)38-29(3,4)5)24(22-16-12-13-20(2)25(22)34)26(35)30-18-21-14-9-8-10-15-21/h8-10,12-16,23-24,33-34H,6-7,11,17-19H2,1-5H3,(H,30,35)(H,31,37). The molecule has 0 saturated carbocycles. The molecule has 0 saturated heterocycles. The number of aliphatic hydroxyl groups is 1. The minimum atomic E-state index is -1.34. The van der Waals surface area contributed by atoms with E-state index in [4.69, 9.17) is 4.74 Å². The molecule has 2 aromatic rings. The third kappa shape index (κ3) is 9.06. The molecule has 0 aliphatic carbocycles. The summed E-state index contributed by atoms with van der Waals surface area (Å²) >= 11 is 0. The van der Waals surface area contributed by atoms with Crippen molar-refractivity contribution in [3.05, 3.63) is 65.2 Å². The van der Waals surface area contributed by atoms with Gasteiger partial charge in [0.2, 0.25) is 11.8 Å². The van der Waals surface area contributed by atoms with Crippen LogP contribution in [0.2, 0.25) is 0 Å². The highest BCUT2D eigenvalue weighted by atomic mass is 16.6. The zero-order chi connectivity index (χ0) is 28.3. The summed E-state index contributed by atoms with van der Waals surface area (Å²) in [6, 6.07) is 11.8. The first-order chi connectivity index (χ1) is 18.0. The van der Waals surface area contributed by atoms with Crippen molar-refractivity contribution in [3.8, 4) is 5.75 Å². The number of phenols is 1. The van der Waals surface area contributed by atoms with E-state index in [2.05, 4.69) is 10.6 Å². The lowest BCUT2D eigenvalue weighted by Gasteiger charge is -2.34. The fourth-order valence-electron chi connectivity index (χ4n) is 3.97. The first kappa shape index (κ1) is 30.6. The molecule has 0 radical (unpaired) electrons. The van der Waals surface area contributed by atoms with Crippen molar-refractivity contribution in [1.29, 1.82) is 0 Å². The molecule has 9 nitrogen and oxygen atoms in total. The van der Waals surface area contributed by atoms with Crippen molar-refractivity contribution in [3.63, 3.8) is 0 Å². The van der Waals surface area contributed by atoms with E-state index in [0.717, 1.165) is 18.4 Å². The van der Waals surface area contributed by atoms with Gasteiger partial charge in [0.25, 0.3) is 0 Å². The molecule has 3 amide bonds. The van der Waals surface area contributed by atoms with Gasteiger partial charge < -0.3 is 30.5 Å². The summed E-state index contributed by atoms with van der Waals surface area (Å²) < 4.78 is 5.26. The SMILES string of the molecule is CCCCCN(C(=O)C(CO)NC(=O)OC(C)(C)C)C(C(=O)NCc1ccccc1)c1cccc(C)c1O. The number of ether oxygens (including phenoxy) is 1. The van der Waals surface area contributed by atoms with Gasteiger partial charge in [-0.1, -0.05) is 68.3 Å². The Kier molecular flexibility index (Phi) is 11.6. The Morgan fingerprint density at radius 2 is 1.71 bits per heavy atom. The zero-order valence-corrected chi connectivity index (χ0v) is 23.0. The number of phenolic OH excluding ortho intramolecular Hbond substituents is 1. The Bertz CT molecular complexity index is 1070. The fraction of sp³-hybridized carbons (Fsp3) is 0.483. The number of para-hydroxylation sites is 1. The lowest BCUT2D eigenvalue weighted by Crippen LogP contribution is -2.54. The predicted molar refractivity (Wildman–Crippen MR) is 145 cm³/mol. The number of amides is 3. The molecule has 0 bridgehead atoms. The lowest BCUT2D eigenvalue weighted by molar-refractivity contribution is -0.143. The van der Waals surface area contributed by atoms with Gasteiger partial charge in [0.05, 0.1) is 6.61 Å². The van der Waals surface area contributed by atoms with Crippen LogP contribution in [0.5, 0.6) is 5.75 Å². The van der Waals surface area contributed by atoms with Gasteiger partial charge >= 0.3 is 6.09 Å². The monoisotopic (exact) mass is 527 g/mol. The van der Waals surface area contributed by atoms with Gasteiger partial charge in [-0.15, -0.1) is 0 Å². The number of carbonyl (C=O) groups excluding carboxylic acids is 3. The molecule has 2 aromatic carbocycles. The number of aromatic hydroxyl groups is 1. The Hall–Kier alpha value is -3.59. The average molecular weight is 528 g/mol. The number of carbonyl (C=O) groups is 3. The predicted octanol–water partition coefficient (Wildman–Crippen LogP) is 3.96. The van der Waals surface area contributed by atoms with Crippen molar-refractivity contribution in [2.45, 2.75) is 78.1 Å². The van der Waals surface area contributed by atoms with E-state index in [0.29, 0.717) is 12.0 Å². The number of aryl methyl sites for hydroxylation is 1. The minimum Gasteiger partial charge on any atom is -0.507 e. The van der Waals surface area contributed by atoms with Crippen molar-refractivity contribution in [2.24, 2.45) is 0 Å². The zero-order valence-electron chi connectivity index (χ0n) is 23.0. The van der Waals surface area contributed by atoms with E-state index in [1.54, 1.807) is 45.9 Å². The van der Waals surface area contributed by atoms with Crippen molar-refractivity contribution in [2.75, 3.05) is 13.2 Å². The minimum absolute atomic E-state index is 0.0960. The number of unbranched alkanes of at least 4 members (excludes halogenated alkanes) is 2. The normalized spacial score (nSPS) is 12.8. The molecule has 0 fully saturated rings. The smallest absolute Gasteiger partial charge is 0.408 e. The van der Waals surface area contributed by atoms with E-state index >= 15 is 0 Å². The molecular weight excluding hydrogens is 486 g/mol. The highest BCUT2D eigenvalue weighted by molar-refractivity contribution is 5.92. The topological polar surface area (TPSA) is 128 Å². The first-order valence-corrected chi connectivity index (χ1v) is 13.0. The van der Waals surface area contributed by atoms with Crippen LogP contribution in [0.4, 0.5) is 4.79 Å². The van der Waals surface area contributed by atoms with Gasteiger partial charge in [0.1, 0.15) is 23.4 Å². The van der Waals surface area contributed by atoms with Gasteiger partial charge in [-0.3, -0.25) is 9.59 Å². The molecule has 38 heavy (non-hydrogen) atoms. The van der Waals surface area contributed by atoms with Crippen LogP contribution >= 0.6 is 0 Å². The molecule has 0 aliphatic rings. The number of aliphatic hydroxyl groups excluding tert-OH is 1.